The quantitative estimate of drug-likeness (QED) is 0.874. The van der Waals surface area contributed by atoms with Crippen molar-refractivity contribution in [1.82, 2.24) is 9.97 Å². The highest BCUT2D eigenvalue weighted by molar-refractivity contribution is 7.14. The lowest BCUT2D eigenvalue weighted by Gasteiger charge is -2.01. The number of nitrogens with zero attached hydrogens (tertiary/aromatic N) is 2. The summed E-state index contributed by atoms with van der Waals surface area (Å²) in [4.78, 5) is 31.5. The molecule has 1 amide bonds. The summed E-state index contributed by atoms with van der Waals surface area (Å²) >= 11 is 1.16. The standard InChI is InChI=1S/C13H13N3O3S/c1-3-19-12(18)10-7-20-13(15-10)16-11(17)9-6-4-5-8(2)14-9/h4-7H,3H2,1-2H3,(H,15,16,17). The van der Waals surface area contributed by atoms with Crippen molar-refractivity contribution in [1.29, 1.82) is 0 Å². The van der Waals surface area contributed by atoms with E-state index >= 15 is 0 Å². The Kier molecular flexibility index (Phi) is 4.41. The van der Waals surface area contributed by atoms with Crippen molar-refractivity contribution in [2.24, 2.45) is 0 Å². The van der Waals surface area contributed by atoms with Gasteiger partial charge in [-0.25, -0.2) is 14.8 Å². The van der Waals surface area contributed by atoms with Crippen LogP contribution in [0.2, 0.25) is 0 Å². The van der Waals surface area contributed by atoms with Crippen LogP contribution in [0.1, 0.15) is 33.6 Å². The van der Waals surface area contributed by atoms with Gasteiger partial charge in [-0.05, 0) is 26.0 Å². The van der Waals surface area contributed by atoms with Gasteiger partial charge >= 0.3 is 5.97 Å². The van der Waals surface area contributed by atoms with E-state index in [1.54, 1.807) is 32.0 Å². The molecule has 0 aliphatic heterocycles. The molecule has 104 valence electrons. The molecule has 0 fully saturated rings. The van der Waals surface area contributed by atoms with Crippen molar-refractivity contribution < 1.29 is 14.3 Å². The minimum Gasteiger partial charge on any atom is -0.461 e. The molecule has 2 rings (SSSR count). The van der Waals surface area contributed by atoms with Crippen LogP contribution in [0.4, 0.5) is 5.13 Å². The Morgan fingerprint density at radius 2 is 2.10 bits per heavy atom. The van der Waals surface area contributed by atoms with Crippen LogP contribution >= 0.6 is 11.3 Å². The third-order valence-corrected chi connectivity index (χ3v) is 3.09. The highest BCUT2D eigenvalue weighted by atomic mass is 32.1. The highest BCUT2D eigenvalue weighted by Gasteiger charge is 2.14. The number of rotatable bonds is 4. The van der Waals surface area contributed by atoms with Crippen molar-refractivity contribution in [2.75, 3.05) is 11.9 Å². The minimum absolute atomic E-state index is 0.185. The average molecular weight is 291 g/mol. The molecule has 1 N–H and O–H groups in total. The number of aryl methyl sites for hydroxylation is 1. The molecule has 0 unspecified atom stereocenters. The van der Waals surface area contributed by atoms with Gasteiger partial charge in [0.2, 0.25) is 0 Å². The Morgan fingerprint density at radius 3 is 2.80 bits per heavy atom. The van der Waals surface area contributed by atoms with Gasteiger partial charge < -0.3 is 4.74 Å². The van der Waals surface area contributed by atoms with Crippen molar-refractivity contribution in [2.45, 2.75) is 13.8 Å². The van der Waals surface area contributed by atoms with E-state index in [-0.39, 0.29) is 18.2 Å². The predicted molar refractivity (Wildman–Crippen MR) is 75.0 cm³/mol. The largest absolute Gasteiger partial charge is 0.461 e. The summed E-state index contributed by atoms with van der Waals surface area (Å²) in [5.74, 6) is -0.864. The Bertz CT molecular complexity index is 639. The minimum atomic E-state index is -0.502. The van der Waals surface area contributed by atoms with Crippen molar-refractivity contribution in [3.8, 4) is 0 Å². The SMILES string of the molecule is CCOC(=O)c1csc(NC(=O)c2cccc(C)n2)n1. The summed E-state index contributed by atoms with van der Waals surface area (Å²) in [6, 6.07) is 5.17. The van der Waals surface area contributed by atoms with E-state index in [9.17, 15) is 9.59 Å². The molecule has 0 bridgehead atoms. The maximum absolute atomic E-state index is 11.9. The second-order valence-electron chi connectivity index (χ2n) is 3.88. The lowest BCUT2D eigenvalue weighted by atomic mass is 10.3. The smallest absolute Gasteiger partial charge is 0.357 e. The number of hydrogen-bond acceptors (Lipinski definition) is 6. The normalized spacial score (nSPS) is 10.1. The molecular formula is C13H13N3O3S. The van der Waals surface area contributed by atoms with Gasteiger partial charge in [0.1, 0.15) is 5.69 Å². The molecule has 20 heavy (non-hydrogen) atoms. The van der Waals surface area contributed by atoms with Crippen molar-refractivity contribution in [3.05, 3.63) is 40.7 Å². The molecule has 2 aromatic heterocycles. The van der Waals surface area contributed by atoms with Gasteiger partial charge in [0, 0.05) is 11.1 Å². The number of ether oxygens (including phenoxy) is 1. The van der Waals surface area contributed by atoms with E-state index in [4.69, 9.17) is 4.74 Å². The Balaban J connectivity index is 2.07. The van der Waals surface area contributed by atoms with Crippen molar-refractivity contribution in [3.63, 3.8) is 0 Å². The summed E-state index contributed by atoms with van der Waals surface area (Å²) < 4.78 is 4.83. The zero-order valence-corrected chi connectivity index (χ0v) is 11.9. The topological polar surface area (TPSA) is 81.2 Å². The number of anilines is 1. The molecule has 0 spiro atoms. The number of thiazole rings is 1. The molecule has 0 aliphatic carbocycles. The van der Waals surface area contributed by atoms with Gasteiger partial charge in [0.25, 0.3) is 5.91 Å². The van der Waals surface area contributed by atoms with Crippen LogP contribution < -0.4 is 5.32 Å². The average Bonchev–Trinajstić information content (AvgIpc) is 2.87. The van der Waals surface area contributed by atoms with Gasteiger partial charge in [0.15, 0.2) is 10.8 Å². The molecule has 0 atom stereocenters. The molecule has 2 heterocycles. The van der Waals surface area contributed by atoms with Crippen LogP contribution in [-0.2, 0) is 4.74 Å². The molecule has 0 aliphatic rings. The van der Waals surface area contributed by atoms with E-state index in [0.717, 1.165) is 17.0 Å². The molecule has 2 aromatic rings. The number of esters is 1. The number of hydrogen-bond donors (Lipinski definition) is 1. The molecule has 0 radical (unpaired) electrons. The summed E-state index contributed by atoms with van der Waals surface area (Å²) in [6.45, 7) is 3.81. The van der Waals surface area contributed by atoms with Crippen LogP contribution in [0.25, 0.3) is 0 Å². The summed E-state index contributed by atoms with van der Waals surface area (Å²) in [7, 11) is 0. The number of carbonyl (C=O) groups is 2. The van der Waals surface area contributed by atoms with Crippen LogP contribution in [-0.4, -0.2) is 28.5 Å². The number of pyridine rings is 1. The van der Waals surface area contributed by atoms with Gasteiger partial charge in [-0.2, -0.15) is 0 Å². The first-order valence-electron chi connectivity index (χ1n) is 5.98. The molecule has 0 saturated carbocycles. The third kappa shape index (κ3) is 3.39. The molecular weight excluding hydrogens is 278 g/mol. The first-order chi connectivity index (χ1) is 9.60. The van der Waals surface area contributed by atoms with Crippen molar-refractivity contribution >= 4 is 28.3 Å². The van der Waals surface area contributed by atoms with E-state index in [1.807, 2.05) is 0 Å². The van der Waals surface area contributed by atoms with Crippen LogP contribution in [0.3, 0.4) is 0 Å². The van der Waals surface area contributed by atoms with Crippen LogP contribution in [0.15, 0.2) is 23.6 Å². The first-order valence-corrected chi connectivity index (χ1v) is 6.85. The second kappa shape index (κ2) is 6.25. The fourth-order valence-electron chi connectivity index (χ4n) is 1.46. The first kappa shape index (κ1) is 14.1. The molecule has 6 nitrogen and oxygen atoms in total. The maximum atomic E-state index is 11.9. The number of amides is 1. The molecule has 0 saturated heterocycles. The summed E-state index contributed by atoms with van der Waals surface area (Å²) in [5, 5.41) is 4.47. The van der Waals surface area contributed by atoms with E-state index in [2.05, 4.69) is 15.3 Å². The lowest BCUT2D eigenvalue weighted by Crippen LogP contribution is -2.14. The predicted octanol–water partition coefficient (Wildman–Crippen LogP) is 2.28. The number of carbonyl (C=O) groups excluding carboxylic acids is 2. The number of nitrogens with one attached hydrogen (secondary N) is 1. The Labute approximate surface area is 119 Å². The molecule has 7 heteroatoms. The summed E-state index contributed by atoms with van der Waals surface area (Å²) in [6.07, 6.45) is 0. The number of aromatic nitrogens is 2. The van der Waals surface area contributed by atoms with Gasteiger partial charge in [-0.1, -0.05) is 6.07 Å². The van der Waals surface area contributed by atoms with Crippen LogP contribution in [0.5, 0.6) is 0 Å². The zero-order valence-electron chi connectivity index (χ0n) is 11.0. The fraction of sp³-hybridized carbons (Fsp3) is 0.231. The second-order valence-corrected chi connectivity index (χ2v) is 4.73. The lowest BCUT2D eigenvalue weighted by molar-refractivity contribution is 0.0520. The van der Waals surface area contributed by atoms with Crippen LogP contribution in [0, 0.1) is 6.92 Å². The van der Waals surface area contributed by atoms with Gasteiger partial charge in [0.05, 0.1) is 6.61 Å². The van der Waals surface area contributed by atoms with Gasteiger partial charge in [-0.3, -0.25) is 10.1 Å². The van der Waals surface area contributed by atoms with E-state index in [1.165, 1.54) is 5.38 Å². The maximum Gasteiger partial charge on any atom is 0.357 e. The Morgan fingerprint density at radius 1 is 1.30 bits per heavy atom. The zero-order chi connectivity index (χ0) is 14.5. The van der Waals surface area contributed by atoms with E-state index in [0.29, 0.717) is 10.8 Å². The Hall–Kier alpha value is -2.28. The monoisotopic (exact) mass is 291 g/mol. The fourth-order valence-corrected chi connectivity index (χ4v) is 2.14. The van der Waals surface area contributed by atoms with E-state index < -0.39 is 5.97 Å². The highest BCUT2D eigenvalue weighted by Crippen LogP contribution is 2.17. The molecule has 0 aromatic carbocycles. The third-order valence-electron chi connectivity index (χ3n) is 2.33. The van der Waals surface area contributed by atoms with Gasteiger partial charge in [-0.15, -0.1) is 11.3 Å². The summed E-state index contributed by atoms with van der Waals surface area (Å²) in [5.41, 5.74) is 1.24.